The SMILES string of the molecule is C=C/C=C\CCC(=O)OC. The van der Waals surface area contributed by atoms with E-state index in [9.17, 15) is 4.79 Å². The molecule has 0 spiro atoms. The summed E-state index contributed by atoms with van der Waals surface area (Å²) in [6.07, 6.45) is 6.53. The first-order chi connectivity index (χ1) is 4.81. The molecule has 0 aromatic heterocycles. The van der Waals surface area contributed by atoms with E-state index in [0.717, 1.165) is 6.42 Å². The Balaban J connectivity index is 3.27. The summed E-state index contributed by atoms with van der Waals surface area (Å²) in [5.74, 6) is -0.172. The van der Waals surface area contributed by atoms with E-state index in [0.29, 0.717) is 6.42 Å². The molecule has 0 bridgehead atoms. The minimum Gasteiger partial charge on any atom is -0.469 e. The second-order valence-corrected chi connectivity index (χ2v) is 1.78. The maximum absolute atomic E-state index is 10.5. The van der Waals surface area contributed by atoms with Crippen LogP contribution in [0.1, 0.15) is 12.8 Å². The van der Waals surface area contributed by atoms with Crippen molar-refractivity contribution in [1.29, 1.82) is 0 Å². The lowest BCUT2D eigenvalue weighted by Gasteiger charge is -1.92. The number of carbonyl (C=O) groups excluding carboxylic acids is 1. The van der Waals surface area contributed by atoms with Gasteiger partial charge in [0, 0.05) is 6.42 Å². The summed E-state index contributed by atoms with van der Waals surface area (Å²) in [7, 11) is 1.39. The topological polar surface area (TPSA) is 26.3 Å². The lowest BCUT2D eigenvalue weighted by Crippen LogP contribution is -1.97. The quantitative estimate of drug-likeness (QED) is 0.438. The van der Waals surface area contributed by atoms with Crippen LogP contribution in [0.15, 0.2) is 24.8 Å². The molecule has 0 aromatic carbocycles. The molecular formula is C8H12O2. The fraction of sp³-hybridized carbons (Fsp3) is 0.375. The average Bonchev–Trinajstić information content (AvgIpc) is 1.98. The zero-order valence-electron chi connectivity index (χ0n) is 6.17. The van der Waals surface area contributed by atoms with Crippen LogP contribution < -0.4 is 0 Å². The van der Waals surface area contributed by atoms with Gasteiger partial charge in [0.2, 0.25) is 0 Å². The third-order valence-corrected chi connectivity index (χ3v) is 1.01. The molecule has 2 nitrogen and oxygen atoms in total. The lowest BCUT2D eigenvalue weighted by atomic mass is 10.3. The predicted molar refractivity (Wildman–Crippen MR) is 40.6 cm³/mol. The maximum Gasteiger partial charge on any atom is 0.305 e. The molecule has 2 heteroatoms. The maximum atomic E-state index is 10.5. The summed E-state index contributed by atoms with van der Waals surface area (Å²) < 4.78 is 4.43. The number of ether oxygens (including phenoxy) is 1. The van der Waals surface area contributed by atoms with Crippen LogP contribution in [0.2, 0.25) is 0 Å². The third kappa shape index (κ3) is 5.09. The van der Waals surface area contributed by atoms with Crippen molar-refractivity contribution in [2.45, 2.75) is 12.8 Å². The monoisotopic (exact) mass is 140 g/mol. The van der Waals surface area contributed by atoms with Crippen molar-refractivity contribution in [2.75, 3.05) is 7.11 Å². The zero-order valence-corrected chi connectivity index (χ0v) is 6.17. The van der Waals surface area contributed by atoms with Crippen molar-refractivity contribution in [3.8, 4) is 0 Å². The second kappa shape index (κ2) is 6.08. The Kier molecular flexibility index (Phi) is 5.44. The van der Waals surface area contributed by atoms with Crippen molar-refractivity contribution >= 4 is 5.97 Å². The van der Waals surface area contributed by atoms with Crippen LogP contribution in [0.4, 0.5) is 0 Å². The number of hydrogen-bond donors (Lipinski definition) is 0. The Hall–Kier alpha value is -1.05. The molecule has 56 valence electrons. The van der Waals surface area contributed by atoms with Gasteiger partial charge >= 0.3 is 5.97 Å². The van der Waals surface area contributed by atoms with Crippen LogP contribution in [-0.2, 0) is 9.53 Å². The van der Waals surface area contributed by atoms with E-state index in [1.807, 2.05) is 12.2 Å². The Morgan fingerprint density at radius 3 is 2.90 bits per heavy atom. The van der Waals surface area contributed by atoms with E-state index >= 15 is 0 Å². The van der Waals surface area contributed by atoms with Gasteiger partial charge in [0.1, 0.15) is 0 Å². The van der Waals surface area contributed by atoms with Gasteiger partial charge in [0.05, 0.1) is 7.11 Å². The van der Waals surface area contributed by atoms with Crippen LogP contribution in [0.5, 0.6) is 0 Å². The van der Waals surface area contributed by atoms with Gasteiger partial charge in [-0.2, -0.15) is 0 Å². The summed E-state index contributed by atoms with van der Waals surface area (Å²) >= 11 is 0. The smallest absolute Gasteiger partial charge is 0.305 e. The standard InChI is InChI=1S/C8H12O2/c1-3-4-5-6-7-8(9)10-2/h3-5H,1,6-7H2,2H3/b5-4-. The molecule has 0 amide bonds. The minimum atomic E-state index is -0.172. The van der Waals surface area contributed by atoms with Gasteiger partial charge in [0.25, 0.3) is 0 Å². The van der Waals surface area contributed by atoms with Crippen LogP contribution in [0.3, 0.4) is 0 Å². The summed E-state index contributed by atoms with van der Waals surface area (Å²) in [6, 6.07) is 0. The van der Waals surface area contributed by atoms with Crippen LogP contribution >= 0.6 is 0 Å². The van der Waals surface area contributed by atoms with Gasteiger partial charge in [0.15, 0.2) is 0 Å². The molecule has 0 unspecified atom stereocenters. The lowest BCUT2D eigenvalue weighted by molar-refractivity contribution is -0.140. The molecule has 0 aliphatic carbocycles. The third-order valence-electron chi connectivity index (χ3n) is 1.01. The average molecular weight is 140 g/mol. The van der Waals surface area contributed by atoms with Gasteiger partial charge in [-0.3, -0.25) is 4.79 Å². The summed E-state index contributed by atoms with van der Waals surface area (Å²) in [5.41, 5.74) is 0. The summed E-state index contributed by atoms with van der Waals surface area (Å²) in [5, 5.41) is 0. The fourth-order valence-corrected chi connectivity index (χ4v) is 0.496. The van der Waals surface area contributed by atoms with Crippen molar-refractivity contribution in [1.82, 2.24) is 0 Å². The van der Waals surface area contributed by atoms with Gasteiger partial charge in [-0.25, -0.2) is 0 Å². The number of carbonyl (C=O) groups is 1. The predicted octanol–water partition coefficient (Wildman–Crippen LogP) is 1.68. The molecule has 0 aromatic rings. The molecule has 0 atom stereocenters. The van der Waals surface area contributed by atoms with E-state index in [4.69, 9.17) is 0 Å². The van der Waals surface area contributed by atoms with Crippen molar-refractivity contribution in [2.24, 2.45) is 0 Å². The van der Waals surface area contributed by atoms with E-state index in [2.05, 4.69) is 11.3 Å². The molecular weight excluding hydrogens is 128 g/mol. The van der Waals surface area contributed by atoms with Crippen LogP contribution in [-0.4, -0.2) is 13.1 Å². The first kappa shape index (κ1) is 8.95. The normalized spacial score (nSPS) is 9.70. The molecule has 0 N–H and O–H groups in total. The number of esters is 1. The van der Waals surface area contributed by atoms with Gasteiger partial charge in [-0.05, 0) is 6.42 Å². The zero-order chi connectivity index (χ0) is 7.82. The summed E-state index contributed by atoms with van der Waals surface area (Å²) in [6.45, 7) is 3.49. The van der Waals surface area contributed by atoms with Crippen molar-refractivity contribution < 1.29 is 9.53 Å². The number of allylic oxidation sites excluding steroid dienone is 3. The summed E-state index contributed by atoms with van der Waals surface area (Å²) in [4.78, 5) is 10.5. The molecule has 0 radical (unpaired) electrons. The highest BCUT2D eigenvalue weighted by Crippen LogP contribution is 1.92. The van der Waals surface area contributed by atoms with Crippen LogP contribution in [0, 0.1) is 0 Å². The molecule has 0 aliphatic rings. The Morgan fingerprint density at radius 1 is 1.70 bits per heavy atom. The van der Waals surface area contributed by atoms with Gasteiger partial charge < -0.3 is 4.74 Å². The highest BCUT2D eigenvalue weighted by Gasteiger charge is 1.94. The highest BCUT2D eigenvalue weighted by molar-refractivity contribution is 5.69. The molecule has 0 saturated carbocycles. The minimum absolute atomic E-state index is 0.172. The number of methoxy groups -OCH3 is 1. The van der Waals surface area contributed by atoms with Gasteiger partial charge in [-0.1, -0.05) is 24.8 Å². The molecule has 10 heavy (non-hydrogen) atoms. The first-order valence-electron chi connectivity index (χ1n) is 3.15. The first-order valence-corrected chi connectivity index (χ1v) is 3.15. The van der Waals surface area contributed by atoms with Crippen molar-refractivity contribution in [3.63, 3.8) is 0 Å². The number of hydrogen-bond acceptors (Lipinski definition) is 2. The van der Waals surface area contributed by atoms with E-state index < -0.39 is 0 Å². The van der Waals surface area contributed by atoms with Crippen molar-refractivity contribution in [3.05, 3.63) is 24.8 Å². The fourth-order valence-electron chi connectivity index (χ4n) is 0.496. The molecule has 0 heterocycles. The Morgan fingerprint density at radius 2 is 2.40 bits per heavy atom. The largest absolute Gasteiger partial charge is 0.469 e. The molecule has 0 fully saturated rings. The van der Waals surface area contributed by atoms with E-state index in [1.54, 1.807) is 6.08 Å². The second-order valence-electron chi connectivity index (χ2n) is 1.78. The van der Waals surface area contributed by atoms with E-state index in [1.165, 1.54) is 7.11 Å². The van der Waals surface area contributed by atoms with Gasteiger partial charge in [-0.15, -0.1) is 0 Å². The number of rotatable bonds is 4. The van der Waals surface area contributed by atoms with E-state index in [-0.39, 0.29) is 5.97 Å². The molecule has 0 rings (SSSR count). The molecule has 0 saturated heterocycles. The molecule has 0 aliphatic heterocycles. The Bertz CT molecular complexity index is 136. The Labute approximate surface area is 61.2 Å². The van der Waals surface area contributed by atoms with Crippen LogP contribution in [0.25, 0.3) is 0 Å². The highest BCUT2D eigenvalue weighted by atomic mass is 16.5.